The average Bonchev–Trinajstić information content (AvgIpc) is 2.27. The van der Waals surface area contributed by atoms with Gasteiger partial charge in [0.2, 0.25) is 0 Å². The Morgan fingerprint density at radius 1 is 0.944 bits per heavy atom. The number of benzene rings is 1. The van der Waals surface area contributed by atoms with E-state index in [9.17, 15) is 13.2 Å². The monoisotopic (exact) mass is 292 g/mol. The van der Waals surface area contributed by atoms with Crippen molar-refractivity contribution in [3.63, 3.8) is 0 Å². The van der Waals surface area contributed by atoms with Crippen LogP contribution in [0.2, 0.25) is 10.3 Å². The molecule has 0 bridgehead atoms. The van der Waals surface area contributed by atoms with Crippen LogP contribution in [0.4, 0.5) is 13.2 Å². The zero-order valence-corrected chi connectivity index (χ0v) is 10.2. The maximum atomic E-state index is 12.5. The Hall–Kier alpha value is -1.33. The molecule has 0 saturated carbocycles. The first-order chi connectivity index (χ1) is 8.36. The molecule has 0 radical (unpaired) electrons. The van der Waals surface area contributed by atoms with Gasteiger partial charge in [-0.15, -0.1) is 0 Å². The van der Waals surface area contributed by atoms with Crippen LogP contribution in [0, 0.1) is 0 Å². The topological polar surface area (TPSA) is 25.8 Å². The average molecular weight is 293 g/mol. The van der Waals surface area contributed by atoms with E-state index < -0.39 is 11.7 Å². The molecule has 1 heterocycles. The first-order valence-electron chi connectivity index (χ1n) is 4.74. The minimum absolute atomic E-state index is 0.0543. The number of alkyl halides is 3. The summed E-state index contributed by atoms with van der Waals surface area (Å²) in [6, 6.07) is 5.95. The summed E-state index contributed by atoms with van der Waals surface area (Å²) < 4.78 is 37.6. The molecule has 2 nitrogen and oxygen atoms in total. The van der Waals surface area contributed by atoms with Gasteiger partial charge in [0.05, 0.1) is 5.56 Å². The molecule has 0 aliphatic heterocycles. The number of aromatic nitrogens is 2. The summed E-state index contributed by atoms with van der Waals surface area (Å²) >= 11 is 11.3. The fourth-order valence-corrected chi connectivity index (χ4v) is 1.78. The Kier molecular flexibility index (Phi) is 3.45. The first-order valence-corrected chi connectivity index (χ1v) is 5.49. The Morgan fingerprint density at radius 3 is 2.11 bits per heavy atom. The van der Waals surface area contributed by atoms with Crippen molar-refractivity contribution < 1.29 is 13.2 Å². The van der Waals surface area contributed by atoms with E-state index in [2.05, 4.69) is 9.97 Å². The highest BCUT2D eigenvalue weighted by molar-refractivity contribution is 6.33. The van der Waals surface area contributed by atoms with Gasteiger partial charge in [-0.2, -0.15) is 13.2 Å². The molecule has 1 aromatic heterocycles. The van der Waals surface area contributed by atoms with Crippen molar-refractivity contribution in [2.24, 2.45) is 0 Å². The van der Waals surface area contributed by atoms with Crippen molar-refractivity contribution in [3.05, 3.63) is 46.2 Å². The lowest BCUT2D eigenvalue weighted by molar-refractivity contribution is -0.137. The quantitative estimate of drug-likeness (QED) is 0.725. The predicted octanol–water partition coefficient (Wildman–Crippen LogP) is 4.47. The fourth-order valence-electron chi connectivity index (χ4n) is 1.35. The molecule has 0 spiro atoms. The molecule has 0 unspecified atom stereocenters. The van der Waals surface area contributed by atoms with Crippen molar-refractivity contribution in [3.8, 4) is 11.4 Å². The normalized spacial score (nSPS) is 11.6. The van der Waals surface area contributed by atoms with E-state index in [-0.39, 0.29) is 21.7 Å². The van der Waals surface area contributed by atoms with Crippen LogP contribution in [-0.4, -0.2) is 9.97 Å². The van der Waals surface area contributed by atoms with E-state index in [1.165, 1.54) is 18.2 Å². The van der Waals surface area contributed by atoms with Crippen LogP contribution in [0.15, 0.2) is 30.3 Å². The Balaban J connectivity index is 2.51. The van der Waals surface area contributed by atoms with E-state index in [1.54, 1.807) is 0 Å². The zero-order valence-electron chi connectivity index (χ0n) is 8.67. The van der Waals surface area contributed by atoms with Crippen molar-refractivity contribution in [1.29, 1.82) is 0 Å². The smallest absolute Gasteiger partial charge is 0.216 e. The largest absolute Gasteiger partial charge is 0.416 e. The highest BCUT2D eigenvalue weighted by Crippen LogP contribution is 2.31. The molecule has 0 aliphatic rings. The van der Waals surface area contributed by atoms with E-state index >= 15 is 0 Å². The lowest BCUT2D eigenvalue weighted by Gasteiger charge is -2.08. The van der Waals surface area contributed by atoms with Crippen molar-refractivity contribution in [2.75, 3.05) is 0 Å². The van der Waals surface area contributed by atoms with Gasteiger partial charge in [0.25, 0.3) is 0 Å². The second-order valence-electron chi connectivity index (χ2n) is 3.42. The molecule has 7 heteroatoms. The first kappa shape index (κ1) is 13.1. The Bertz CT molecular complexity index is 564. The van der Waals surface area contributed by atoms with Gasteiger partial charge in [-0.05, 0) is 12.1 Å². The van der Waals surface area contributed by atoms with Crippen LogP contribution in [0.25, 0.3) is 11.4 Å². The molecule has 0 saturated heterocycles. The van der Waals surface area contributed by atoms with Gasteiger partial charge in [-0.25, -0.2) is 9.97 Å². The van der Waals surface area contributed by atoms with Gasteiger partial charge in [0, 0.05) is 11.6 Å². The Labute approximate surface area is 110 Å². The number of rotatable bonds is 1. The molecule has 18 heavy (non-hydrogen) atoms. The summed E-state index contributed by atoms with van der Waals surface area (Å²) in [6.07, 6.45) is -4.42. The van der Waals surface area contributed by atoms with Gasteiger partial charge in [-0.1, -0.05) is 35.3 Å². The molecule has 94 valence electrons. The number of hydrogen-bond donors (Lipinski definition) is 0. The van der Waals surface area contributed by atoms with Crippen LogP contribution >= 0.6 is 23.2 Å². The molecule has 2 aromatic rings. The highest BCUT2D eigenvalue weighted by atomic mass is 35.5. The second kappa shape index (κ2) is 4.74. The van der Waals surface area contributed by atoms with E-state index in [0.717, 1.165) is 12.1 Å². The van der Waals surface area contributed by atoms with Crippen LogP contribution in [0.5, 0.6) is 0 Å². The number of nitrogens with zero attached hydrogens (tertiary/aromatic N) is 2. The summed E-state index contributed by atoms with van der Waals surface area (Å²) in [6.45, 7) is 0. The summed E-state index contributed by atoms with van der Waals surface area (Å²) in [5.41, 5.74) is -0.575. The van der Waals surface area contributed by atoms with Crippen LogP contribution in [0.3, 0.4) is 0 Å². The SMILES string of the molecule is FC(F)(F)c1cccc(-c2nc(Cl)cc(Cl)n2)c1. The summed E-state index contributed by atoms with van der Waals surface area (Å²) in [5.74, 6) is 0.0543. The molecule has 0 atom stereocenters. The molecule has 1 aromatic carbocycles. The molecule has 2 rings (SSSR count). The number of hydrogen-bond acceptors (Lipinski definition) is 2. The molecule has 0 aliphatic carbocycles. The van der Waals surface area contributed by atoms with Gasteiger partial charge < -0.3 is 0 Å². The predicted molar refractivity (Wildman–Crippen MR) is 62.5 cm³/mol. The summed E-state index contributed by atoms with van der Waals surface area (Å²) in [7, 11) is 0. The maximum Gasteiger partial charge on any atom is 0.416 e. The standard InChI is InChI=1S/C11H5Cl2F3N2/c12-8-5-9(13)18-10(17-8)6-2-1-3-7(4-6)11(14,15)16/h1-5H. The van der Waals surface area contributed by atoms with Gasteiger partial charge in [0.1, 0.15) is 10.3 Å². The minimum atomic E-state index is -4.42. The summed E-state index contributed by atoms with van der Waals surface area (Å²) in [4.78, 5) is 7.66. The van der Waals surface area contributed by atoms with Crippen LogP contribution in [0.1, 0.15) is 5.56 Å². The van der Waals surface area contributed by atoms with Crippen LogP contribution < -0.4 is 0 Å². The highest BCUT2D eigenvalue weighted by Gasteiger charge is 2.30. The molecule has 0 N–H and O–H groups in total. The van der Waals surface area contributed by atoms with Crippen molar-refractivity contribution in [2.45, 2.75) is 6.18 Å². The fraction of sp³-hybridized carbons (Fsp3) is 0.0909. The number of halogens is 5. The van der Waals surface area contributed by atoms with E-state index in [1.807, 2.05) is 0 Å². The van der Waals surface area contributed by atoms with Crippen molar-refractivity contribution >= 4 is 23.2 Å². The van der Waals surface area contributed by atoms with Gasteiger partial charge in [-0.3, -0.25) is 0 Å². The minimum Gasteiger partial charge on any atom is -0.216 e. The van der Waals surface area contributed by atoms with Gasteiger partial charge >= 0.3 is 6.18 Å². The van der Waals surface area contributed by atoms with Gasteiger partial charge in [0.15, 0.2) is 5.82 Å². The zero-order chi connectivity index (χ0) is 13.3. The Morgan fingerprint density at radius 2 is 1.56 bits per heavy atom. The maximum absolute atomic E-state index is 12.5. The third kappa shape index (κ3) is 2.91. The molecule has 0 fully saturated rings. The van der Waals surface area contributed by atoms with Crippen LogP contribution in [-0.2, 0) is 6.18 Å². The third-order valence-corrected chi connectivity index (χ3v) is 2.50. The second-order valence-corrected chi connectivity index (χ2v) is 4.19. The van der Waals surface area contributed by atoms with Crippen molar-refractivity contribution in [1.82, 2.24) is 9.97 Å². The lowest BCUT2D eigenvalue weighted by Crippen LogP contribution is -2.04. The molecular formula is C11H5Cl2F3N2. The summed E-state index contributed by atoms with van der Waals surface area (Å²) in [5, 5.41) is 0.143. The lowest BCUT2D eigenvalue weighted by atomic mass is 10.1. The van der Waals surface area contributed by atoms with E-state index in [4.69, 9.17) is 23.2 Å². The molecule has 0 amide bonds. The molecular weight excluding hydrogens is 288 g/mol. The third-order valence-electron chi connectivity index (χ3n) is 2.11. The van der Waals surface area contributed by atoms with E-state index in [0.29, 0.717) is 0 Å².